The number of ether oxygens (including phenoxy) is 2. The first kappa shape index (κ1) is 15.1. The summed E-state index contributed by atoms with van der Waals surface area (Å²) in [5.74, 6) is 0.180. The Bertz CT molecular complexity index is 608. The number of carbonyl (C=O) groups excluding carboxylic acids is 1. The Hall–Kier alpha value is -2.33. The van der Waals surface area contributed by atoms with Crippen molar-refractivity contribution in [3.8, 4) is 5.75 Å². The van der Waals surface area contributed by atoms with Gasteiger partial charge in [0.05, 0.1) is 7.11 Å². The van der Waals surface area contributed by atoms with Crippen LogP contribution in [0.1, 0.15) is 18.1 Å². The van der Waals surface area contributed by atoms with Crippen molar-refractivity contribution in [1.82, 2.24) is 0 Å². The lowest BCUT2D eigenvalue weighted by Crippen LogP contribution is -2.42. The maximum absolute atomic E-state index is 11.7. The predicted octanol–water partition coefficient (Wildman–Crippen LogP) is 2.61. The van der Waals surface area contributed by atoms with Gasteiger partial charge in [0.1, 0.15) is 17.9 Å². The highest BCUT2D eigenvalue weighted by Crippen LogP contribution is 2.24. The van der Waals surface area contributed by atoms with Gasteiger partial charge in [0.2, 0.25) is 0 Å². The molecule has 0 aliphatic heterocycles. The molecule has 1 unspecified atom stereocenters. The lowest BCUT2D eigenvalue weighted by atomic mass is 9.93. The summed E-state index contributed by atoms with van der Waals surface area (Å²) in [6.45, 7) is 2.08. The van der Waals surface area contributed by atoms with Crippen LogP contribution in [0, 0.1) is 0 Å². The summed E-state index contributed by atoms with van der Waals surface area (Å²) in [4.78, 5) is 11.7. The standard InChI is InChI=1S/C17H19NO3/c1-17(18,16(19)20-2)14-9-6-10-15(11-14)21-12-13-7-4-3-5-8-13/h3-11H,12,18H2,1-2H3. The Morgan fingerprint density at radius 1 is 1.14 bits per heavy atom. The number of methoxy groups -OCH3 is 1. The van der Waals surface area contributed by atoms with Crippen molar-refractivity contribution >= 4 is 5.97 Å². The van der Waals surface area contributed by atoms with Gasteiger partial charge in [-0.15, -0.1) is 0 Å². The van der Waals surface area contributed by atoms with Gasteiger partial charge in [-0.25, -0.2) is 4.79 Å². The van der Waals surface area contributed by atoms with Gasteiger partial charge in [0.25, 0.3) is 0 Å². The molecule has 2 rings (SSSR count). The zero-order chi connectivity index (χ0) is 15.3. The number of hydrogen-bond acceptors (Lipinski definition) is 4. The number of hydrogen-bond donors (Lipinski definition) is 1. The first-order valence-electron chi connectivity index (χ1n) is 6.68. The van der Waals surface area contributed by atoms with Crippen LogP contribution in [0.2, 0.25) is 0 Å². The maximum Gasteiger partial charge on any atom is 0.330 e. The normalized spacial score (nSPS) is 13.3. The van der Waals surface area contributed by atoms with Crippen LogP contribution < -0.4 is 10.5 Å². The van der Waals surface area contributed by atoms with E-state index in [9.17, 15) is 4.79 Å². The molecule has 0 saturated carbocycles. The second-order valence-corrected chi connectivity index (χ2v) is 5.00. The molecule has 1 atom stereocenters. The molecule has 0 amide bonds. The Labute approximate surface area is 124 Å². The van der Waals surface area contributed by atoms with Crippen molar-refractivity contribution in [3.05, 3.63) is 65.7 Å². The van der Waals surface area contributed by atoms with Crippen LogP contribution in [-0.2, 0) is 21.7 Å². The lowest BCUT2D eigenvalue weighted by molar-refractivity contribution is -0.146. The summed E-state index contributed by atoms with van der Waals surface area (Å²) < 4.78 is 10.5. The van der Waals surface area contributed by atoms with Crippen LogP contribution in [0.5, 0.6) is 5.75 Å². The third kappa shape index (κ3) is 3.61. The third-order valence-corrected chi connectivity index (χ3v) is 3.29. The van der Waals surface area contributed by atoms with E-state index in [0.717, 1.165) is 5.56 Å². The van der Waals surface area contributed by atoms with Gasteiger partial charge in [0, 0.05) is 0 Å². The molecule has 0 radical (unpaired) electrons. The molecule has 4 nitrogen and oxygen atoms in total. The number of rotatable bonds is 5. The number of esters is 1. The second-order valence-electron chi connectivity index (χ2n) is 5.00. The summed E-state index contributed by atoms with van der Waals surface area (Å²) in [6, 6.07) is 17.1. The van der Waals surface area contributed by atoms with Gasteiger partial charge in [-0.3, -0.25) is 0 Å². The van der Waals surface area contributed by atoms with Gasteiger partial charge >= 0.3 is 5.97 Å². The van der Waals surface area contributed by atoms with Crippen molar-refractivity contribution in [1.29, 1.82) is 0 Å². The minimum atomic E-state index is -1.19. The van der Waals surface area contributed by atoms with E-state index in [1.54, 1.807) is 19.1 Å². The molecule has 0 aliphatic rings. The SMILES string of the molecule is COC(=O)C(C)(N)c1cccc(OCc2ccccc2)c1. The van der Waals surface area contributed by atoms with Crippen molar-refractivity contribution in [2.45, 2.75) is 19.1 Å². The smallest absolute Gasteiger partial charge is 0.330 e. The van der Waals surface area contributed by atoms with E-state index in [1.165, 1.54) is 7.11 Å². The summed E-state index contributed by atoms with van der Waals surface area (Å²) in [5, 5.41) is 0. The summed E-state index contributed by atoms with van der Waals surface area (Å²) >= 11 is 0. The maximum atomic E-state index is 11.7. The van der Waals surface area contributed by atoms with E-state index in [1.807, 2.05) is 42.5 Å². The van der Waals surface area contributed by atoms with Gasteiger partial charge in [-0.05, 0) is 30.2 Å². The summed E-state index contributed by atoms with van der Waals surface area (Å²) in [6.07, 6.45) is 0. The lowest BCUT2D eigenvalue weighted by Gasteiger charge is -2.22. The van der Waals surface area contributed by atoms with Gasteiger partial charge in [0.15, 0.2) is 0 Å². The van der Waals surface area contributed by atoms with Crippen LogP contribution in [0.3, 0.4) is 0 Å². The third-order valence-electron chi connectivity index (χ3n) is 3.29. The molecule has 0 fully saturated rings. The average Bonchev–Trinajstić information content (AvgIpc) is 2.53. The Kier molecular flexibility index (Phi) is 4.60. The van der Waals surface area contributed by atoms with E-state index >= 15 is 0 Å². The van der Waals surface area contributed by atoms with E-state index in [4.69, 9.17) is 15.2 Å². The van der Waals surface area contributed by atoms with Crippen LogP contribution >= 0.6 is 0 Å². The number of benzene rings is 2. The van der Waals surface area contributed by atoms with Gasteiger partial charge in [-0.2, -0.15) is 0 Å². The molecule has 0 aromatic heterocycles. The first-order chi connectivity index (χ1) is 10.0. The largest absolute Gasteiger partial charge is 0.489 e. The van der Waals surface area contributed by atoms with Crippen molar-refractivity contribution < 1.29 is 14.3 Å². The Morgan fingerprint density at radius 3 is 2.52 bits per heavy atom. The predicted molar refractivity (Wildman–Crippen MR) is 80.8 cm³/mol. The molecule has 2 aromatic rings. The van der Waals surface area contributed by atoms with Crippen molar-refractivity contribution in [3.63, 3.8) is 0 Å². The highest BCUT2D eigenvalue weighted by Gasteiger charge is 2.31. The minimum Gasteiger partial charge on any atom is -0.489 e. The van der Waals surface area contributed by atoms with Gasteiger partial charge < -0.3 is 15.2 Å². The summed E-state index contributed by atoms with van der Waals surface area (Å²) in [5.41, 5.74) is 6.57. The van der Waals surface area contributed by atoms with Crippen molar-refractivity contribution in [2.24, 2.45) is 5.73 Å². The quantitative estimate of drug-likeness (QED) is 0.858. The highest BCUT2D eigenvalue weighted by molar-refractivity contribution is 5.81. The monoisotopic (exact) mass is 285 g/mol. The molecule has 0 spiro atoms. The number of carbonyl (C=O) groups is 1. The molecule has 21 heavy (non-hydrogen) atoms. The van der Waals surface area contributed by atoms with E-state index in [0.29, 0.717) is 17.9 Å². The highest BCUT2D eigenvalue weighted by atomic mass is 16.5. The van der Waals surface area contributed by atoms with Crippen LogP contribution in [0.4, 0.5) is 0 Å². The zero-order valence-corrected chi connectivity index (χ0v) is 12.2. The van der Waals surface area contributed by atoms with Crippen LogP contribution in [-0.4, -0.2) is 13.1 Å². The van der Waals surface area contributed by atoms with Crippen molar-refractivity contribution in [2.75, 3.05) is 7.11 Å². The Morgan fingerprint density at radius 2 is 1.86 bits per heavy atom. The fourth-order valence-corrected chi connectivity index (χ4v) is 1.98. The fourth-order valence-electron chi connectivity index (χ4n) is 1.98. The minimum absolute atomic E-state index is 0.462. The Balaban J connectivity index is 2.13. The second kappa shape index (κ2) is 6.41. The average molecular weight is 285 g/mol. The molecule has 4 heteroatoms. The number of nitrogens with two attached hydrogens (primary N) is 1. The molecular weight excluding hydrogens is 266 g/mol. The molecule has 0 aliphatic carbocycles. The van der Waals surface area contributed by atoms with E-state index in [2.05, 4.69) is 0 Å². The first-order valence-corrected chi connectivity index (χ1v) is 6.68. The van der Waals surface area contributed by atoms with Crippen LogP contribution in [0.15, 0.2) is 54.6 Å². The topological polar surface area (TPSA) is 61.5 Å². The molecule has 0 saturated heterocycles. The van der Waals surface area contributed by atoms with E-state index < -0.39 is 11.5 Å². The molecule has 2 N–H and O–H groups in total. The fraction of sp³-hybridized carbons (Fsp3) is 0.235. The molecule has 110 valence electrons. The molecule has 0 bridgehead atoms. The van der Waals surface area contributed by atoms with Gasteiger partial charge in [-0.1, -0.05) is 42.5 Å². The molecule has 2 aromatic carbocycles. The summed E-state index contributed by atoms with van der Waals surface area (Å²) in [7, 11) is 1.32. The van der Waals surface area contributed by atoms with Crippen LogP contribution in [0.25, 0.3) is 0 Å². The molecular formula is C17H19NO3. The molecule has 0 heterocycles. The zero-order valence-electron chi connectivity index (χ0n) is 12.2. The van der Waals surface area contributed by atoms with E-state index in [-0.39, 0.29) is 0 Å².